The molecule has 0 spiro atoms. The molecule has 1 aliphatic rings. The van der Waals surface area contributed by atoms with Gasteiger partial charge < -0.3 is 4.74 Å². The lowest BCUT2D eigenvalue weighted by atomic mass is 10.2. The number of thioether (sulfide) groups is 1. The van der Waals surface area contributed by atoms with E-state index in [1.54, 1.807) is 24.3 Å². The molecule has 0 aromatic heterocycles. The van der Waals surface area contributed by atoms with E-state index in [-0.39, 0.29) is 5.91 Å². The van der Waals surface area contributed by atoms with E-state index in [1.807, 2.05) is 36.4 Å². The van der Waals surface area contributed by atoms with Crippen LogP contribution in [0.2, 0.25) is 5.02 Å². The maximum Gasteiger partial charge on any atom is 0.270 e. The molecule has 1 aliphatic heterocycles. The van der Waals surface area contributed by atoms with E-state index in [9.17, 15) is 4.79 Å². The van der Waals surface area contributed by atoms with Gasteiger partial charge in [-0.3, -0.25) is 9.69 Å². The van der Waals surface area contributed by atoms with E-state index in [1.165, 1.54) is 16.7 Å². The van der Waals surface area contributed by atoms with Gasteiger partial charge in [-0.05, 0) is 42.0 Å². The summed E-state index contributed by atoms with van der Waals surface area (Å²) in [6.45, 7) is 4.07. The number of anilines is 1. The van der Waals surface area contributed by atoms with Crippen molar-refractivity contribution in [1.29, 1.82) is 0 Å². The number of thiocarbonyl (C=S) groups is 1. The maximum absolute atomic E-state index is 12.7. The minimum Gasteiger partial charge on any atom is -0.490 e. The number of halogens is 1. The Morgan fingerprint density at radius 2 is 2.00 bits per heavy atom. The van der Waals surface area contributed by atoms with Crippen molar-refractivity contribution in [1.82, 2.24) is 0 Å². The van der Waals surface area contributed by atoms with E-state index in [0.29, 0.717) is 26.5 Å². The normalized spacial score (nSPS) is 15.7. The van der Waals surface area contributed by atoms with Crippen molar-refractivity contribution in [2.24, 2.45) is 0 Å². The van der Waals surface area contributed by atoms with Crippen LogP contribution in [0.4, 0.5) is 5.69 Å². The lowest BCUT2D eigenvalue weighted by molar-refractivity contribution is -0.113. The fourth-order valence-corrected chi connectivity index (χ4v) is 3.76. The highest BCUT2D eigenvalue weighted by Crippen LogP contribution is 2.36. The molecule has 6 heteroatoms. The second kappa shape index (κ2) is 7.87. The molecule has 0 N–H and O–H groups in total. The molecule has 0 saturated carbocycles. The molecule has 1 amide bonds. The standard InChI is InChI=1S/C19H14ClNO2S2/c1-2-10-23-16-8-6-13(7-9-16)11-17-18(22)21(19(24)25-17)15-5-3-4-14(20)12-15/h2-9,11-12H,1,10H2. The fraction of sp³-hybridized carbons (Fsp3) is 0.0526. The smallest absolute Gasteiger partial charge is 0.270 e. The summed E-state index contributed by atoms with van der Waals surface area (Å²) < 4.78 is 5.94. The summed E-state index contributed by atoms with van der Waals surface area (Å²) in [5.74, 6) is 0.604. The number of ether oxygens (including phenoxy) is 1. The minimum absolute atomic E-state index is 0.149. The average Bonchev–Trinajstić information content (AvgIpc) is 2.88. The Morgan fingerprint density at radius 1 is 1.24 bits per heavy atom. The number of benzene rings is 2. The molecule has 1 saturated heterocycles. The zero-order valence-corrected chi connectivity index (χ0v) is 15.5. The van der Waals surface area contributed by atoms with Crippen molar-refractivity contribution < 1.29 is 9.53 Å². The highest BCUT2D eigenvalue weighted by Gasteiger charge is 2.33. The molecule has 0 radical (unpaired) electrons. The largest absolute Gasteiger partial charge is 0.490 e. The van der Waals surface area contributed by atoms with Gasteiger partial charge in [0.05, 0.1) is 10.6 Å². The summed E-state index contributed by atoms with van der Waals surface area (Å²) in [4.78, 5) is 14.8. The first-order valence-corrected chi connectivity index (χ1v) is 9.06. The van der Waals surface area contributed by atoms with Crippen molar-refractivity contribution in [3.05, 3.63) is 76.7 Å². The third-order valence-corrected chi connectivity index (χ3v) is 4.94. The second-order valence-corrected chi connectivity index (χ2v) is 7.28. The Kier molecular flexibility index (Phi) is 5.58. The number of rotatable bonds is 5. The van der Waals surface area contributed by atoms with Gasteiger partial charge in [-0.1, -0.05) is 66.4 Å². The molecule has 3 nitrogen and oxygen atoms in total. The maximum atomic E-state index is 12.7. The second-order valence-electron chi connectivity index (χ2n) is 5.17. The van der Waals surface area contributed by atoms with E-state index in [2.05, 4.69) is 6.58 Å². The van der Waals surface area contributed by atoms with Crippen LogP contribution >= 0.6 is 35.6 Å². The molecule has 0 atom stereocenters. The molecule has 0 aliphatic carbocycles. The van der Waals surface area contributed by atoms with E-state index >= 15 is 0 Å². The summed E-state index contributed by atoms with van der Waals surface area (Å²) in [5, 5.41) is 0.561. The first-order valence-electron chi connectivity index (χ1n) is 7.46. The van der Waals surface area contributed by atoms with Crippen molar-refractivity contribution in [2.75, 3.05) is 11.5 Å². The van der Waals surface area contributed by atoms with Crippen LogP contribution in [0.15, 0.2) is 66.1 Å². The average molecular weight is 388 g/mol. The van der Waals surface area contributed by atoms with E-state index in [4.69, 9.17) is 28.6 Å². The Morgan fingerprint density at radius 3 is 2.68 bits per heavy atom. The highest BCUT2D eigenvalue weighted by molar-refractivity contribution is 8.27. The van der Waals surface area contributed by atoms with Crippen molar-refractivity contribution >= 4 is 57.6 Å². The van der Waals surface area contributed by atoms with Gasteiger partial charge in [-0.15, -0.1) is 0 Å². The minimum atomic E-state index is -0.149. The van der Waals surface area contributed by atoms with E-state index < -0.39 is 0 Å². The third kappa shape index (κ3) is 4.12. The van der Waals surface area contributed by atoms with Crippen LogP contribution < -0.4 is 9.64 Å². The molecular weight excluding hydrogens is 374 g/mol. The highest BCUT2D eigenvalue weighted by atomic mass is 35.5. The third-order valence-electron chi connectivity index (χ3n) is 3.41. The zero-order chi connectivity index (χ0) is 17.8. The van der Waals surface area contributed by atoms with Gasteiger partial charge in [0.2, 0.25) is 0 Å². The summed E-state index contributed by atoms with van der Waals surface area (Å²) in [5.41, 5.74) is 1.57. The molecule has 3 rings (SSSR count). The van der Waals surface area contributed by atoms with Crippen LogP contribution in [0.3, 0.4) is 0 Å². The van der Waals surface area contributed by atoms with Crippen LogP contribution in [-0.2, 0) is 4.79 Å². The molecule has 2 aromatic carbocycles. The van der Waals surface area contributed by atoms with Gasteiger partial charge in [0.25, 0.3) is 5.91 Å². The van der Waals surface area contributed by atoms with Crippen LogP contribution in [0, 0.1) is 0 Å². The predicted molar refractivity (Wildman–Crippen MR) is 109 cm³/mol. The van der Waals surface area contributed by atoms with Gasteiger partial charge in [-0.2, -0.15) is 0 Å². The van der Waals surface area contributed by atoms with Crippen LogP contribution in [0.5, 0.6) is 5.75 Å². The molecule has 25 heavy (non-hydrogen) atoms. The molecule has 0 unspecified atom stereocenters. The van der Waals surface area contributed by atoms with E-state index in [0.717, 1.165) is 11.3 Å². The summed E-state index contributed by atoms with van der Waals surface area (Å²) in [7, 11) is 0. The fourth-order valence-electron chi connectivity index (χ4n) is 2.27. The lowest BCUT2D eigenvalue weighted by Crippen LogP contribution is -2.27. The van der Waals surface area contributed by atoms with Crippen molar-refractivity contribution in [3.8, 4) is 5.75 Å². The number of carbonyl (C=O) groups is 1. The number of carbonyl (C=O) groups excluding carboxylic acids is 1. The lowest BCUT2D eigenvalue weighted by Gasteiger charge is -2.14. The monoisotopic (exact) mass is 387 g/mol. The Bertz CT molecular complexity index is 862. The molecule has 2 aromatic rings. The van der Waals surface area contributed by atoms with Gasteiger partial charge in [0.15, 0.2) is 4.32 Å². The summed E-state index contributed by atoms with van der Waals surface area (Å²) >= 11 is 12.7. The quantitative estimate of drug-likeness (QED) is 0.395. The molecule has 0 bridgehead atoms. The number of hydrogen-bond donors (Lipinski definition) is 0. The molecule has 126 valence electrons. The van der Waals surface area contributed by atoms with Crippen LogP contribution in [0.1, 0.15) is 5.56 Å². The predicted octanol–water partition coefficient (Wildman–Crippen LogP) is 5.31. The Balaban J connectivity index is 1.81. The van der Waals surface area contributed by atoms with Crippen molar-refractivity contribution in [3.63, 3.8) is 0 Å². The number of amides is 1. The number of hydrogen-bond acceptors (Lipinski definition) is 4. The zero-order valence-electron chi connectivity index (χ0n) is 13.1. The molecular formula is C19H14ClNO2S2. The van der Waals surface area contributed by atoms with Gasteiger partial charge in [0, 0.05) is 5.02 Å². The first kappa shape index (κ1) is 17.7. The summed E-state index contributed by atoms with van der Waals surface area (Å²) in [6, 6.07) is 14.6. The van der Waals surface area contributed by atoms with Gasteiger partial charge >= 0.3 is 0 Å². The molecule has 1 fully saturated rings. The van der Waals surface area contributed by atoms with Crippen LogP contribution in [0.25, 0.3) is 6.08 Å². The van der Waals surface area contributed by atoms with Gasteiger partial charge in [-0.25, -0.2) is 0 Å². The summed E-state index contributed by atoms with van der Waals surface area (Å²) in [6.07, 6.45) is 3.51. The van der Waals surface area contributed by atoms with Gasteiger partial charge in [0.1, 0.15) is 12.4 Å². The Labute approximate surface area is 160 Å². The topological polar surface area (TPSA) is 29.5 Å². The number of nitrogens with zero attached hydrogens (tertiary/aromatic N) is 1. The van der Waals surface area contributed by atoms with Crippen molar-refractivity contribution in [2.45, 2.75) is 0 Å². The SMILES string of the molecule is C=CCOc1ccc(C=C2SC(=S)N(c3cccc(Cl)c3)C2=O)cc1. The Hall–Kier alpha value is -2.08. The first-order chi connectivity index (χ1) is 12.1. The molecule has 1 heterocycles. The van der Waals surface area contributed by atoms with Crippen LogP contribution in [-0.4, -0.2) is 16.8 Å².